The van der Waals surface area contributed by atoms with Crippen LogP contribution in [0.4, 0.5) is 4.79 Å². The van der Waals surface area contributed by atoms with Crippen molar-refractivity contribution in [1.29, 1.82) is 0 Å². The molecule has 1 atom stereocenters. The number of nitrogens with zero attached hydrogens (tertiary/aromatic N) is 1. The lowest BCUT2D eigenvalue weighted by atomic mass is 10.1. The number of unbranched alkanes of at least 4 members (excludes halogenated alkanes) is 2. The Balaban J connectivity index is 0.000000228. The van der Waals surface area contributed by atoms with Gasteiger partial charge in [0.1, 0.15) is 6.04 Å². The number of carboxylic acid groups (broad SMARTS) is 2. The van der Waals surface area contributed by atoms with Crippen LogP contribution >= 0.6 is 0 Å². The molecule has 2 N–H and O–H groups in total. The number of rotatable bonds is 8. The Morgan fingerprint density at radius 2 is 1.52 bits per heavy atom. The highest BCUT2D eigenvalue weighted by Crippen LogP contribution is 2.35. The van der Waals surface area contributed by atoms with Crippen molar-refractivity contribution in [2.24, 2.45) is 0 Å². The van der Waals surface area contributed by atoms with E-state index in [0.29, 0.717) is 6.42 Å². The molecule has 1 aliphatic rings. The van der Waals surface area contributed by atoms with E-state index in [1.165, 1.54) is 22.3 Å². The van der Waals surface area contributed by atoms with Gasteiger partial charge in [-0.3, -0.25) is 9.69 Å². The quantitative estimate of drug-likeness (QED) is 0.515. The van der Waals surface area contributed by atoms with E-state index in [1.807, 2.05) is 6.92 Å². The molecular weight excluding hydrogens is 398 g/mol. The van der Waals surface area contributed by atoms with Crippen molar-refractivity contribution in [3.8, 4) is 11.1 Å². The minimum Gasteiger partial charge on any atom is -0.481 e. The molecular formula is C24H29NO6. The molecule has 3 rings (SSSR count). The topological polar surface area (TPSA) is 104 Å². The van der Waals surface area contributed by atoms with E-state index in [-0.39, 0.29) is 6.54 Å². The number of hydrogen-bond donors (Lipinski definition) is 2. The van der Waals surface area contributed by atoms with Crippen molar-refractivity contribution >= 4 is 18.0 Å². The largest absolute Gasteiger partial charge is 0.481 e. The molecule has 7 heteroatoms. The fourth-order valence-electron chi connectivity index (χ4n) is 3.60. The maximum Gasteiger partial charge on any atom is 0.410 e. The second kappa shape index (κ2) is 11.7. The Labute approximate surface area is 182 Å². The summed E-state index contributed by atoms with van der Waals surface area (Å²) in [6, 6.07) is 15.9. The lowest BCUT2D eigenvalue weighted by Crippen LogP contribution is -2.46. The molecule has 0 saturated carbocycles. The lowest BCUT2D eigenvalue weighted by Gasteiger charge is -2.26. The third-order valence-corrected chi connectivity index (χ3v) is 5.15. The molecule has 31 heavy (non-hydrogen) atoms. The van der Waals surface area contributed by atoms with E-state index < -0.39 is 30.5 Å². The first-order valence-electron chi connectivity index (χ1n) is 10.3. The fraction of sp³-hybridized carbons (Fsp3) is 0.375. The number of carbonyl (C=O) groups excluding carboxylic acids is 1. The molecule has 166 valence electrons. The van der Waals surface area contributed by atoms with Crippen molar-refractivity contribution in [3.05, 3.63) is 59.7 Å². The number of amides is 1. The molecule has 0 radical (unpaired) electrons. The highest BCUT2D eigenvalue weighted by atomic mass is 16.5. The summed E-state index contributed by atoms with van der Waals surface area (Å²) >= 11 is 0. The Hall–Kier alpha value is -3.35. The van der Waals surface area contributed by atoms with Gasteiger partial charge >= 0.3 is 18.0 Å². The van der Waals surface area contributed by atoms with Gasteiger partial charge in [-0.25, -0.2) is 9.59 Å². The monoisotopic (exact) mass is 427 g/mol. The summed E-state index contributed by atoms with van der Waals surface area (Å²) in [7, 11) is 1.13. The zero-order valence-corrected chi connectivity index (χ0v) is 17.9. The molecule has 0 fully saturated rings. The van der Waals surface area contributed by atoms with E-state index >= 15 is 0 Å². The summed E-state index contributed by atoms with van der Waals surface area (Å²) in [5.41, 5.74) is 5.75. The first-order valence-corrected chi connectivity index (χ1v) is 10.3. The lowest BCUT2D eigenvalue weighted by molar-refractivity contribution is -0.149. The fourth-order valence-corrected chi connectivity index (χ4v) is 3.60. The van der Waals surface area contributed by atoms with Crippen molar-refractivity contribution in [2.45, 2.75) is 45.1 Å². The molecule has 0 bridgehead atoms. The van der Waals surface area contributed by atoms with E-state index in [9.17, 15) is 14.4 Å². The average molecular weight is 427 g/mol. The number of fused-ring (bicyclic) bond motifs is 3. The van der Waals surface area contributed by atoms with Gasteiger partial charge in [0.25, 0.3) is 0 Å². The SMILES string of the molecule is CCCCCN(C(=O)OC)C(CC(=O)O)C(=O)O.c1ccc2c(c1)Cc1ccccc1-2. The molecule has 0 aliphatic heterocycles. The van der Waals surface area contributed by atoms with Crippen molar-refractivity contribution in [3.63, 3.8) is 0 Å². The smallest absolute Gasteiger partial charge is 0.410 e. The summed E-state index contributed by atoms with van der Waals surface area (Å²) in [6.45, 7) is 2.14. The van der Waals surface area contributed by atoms with Gasteiger partial charge < -0.3 is 14.9 Å². The predicted octanol–water partition coefficient (Wildman–Crippen LogP) is 4.43. The number of aliphatic carboxylic acids is 2. The Morgan fingerprint density at radius 3 is 1.97 bits per heavy atom. The van der Waals surface area contributed by atoms with Gasteiger partial charge in [0.15, 0.2) is 0 Å². The summed E-state index contributed by atoms with van der Waals surface area (Å²) in [5.74, 6) is -2.62. The Kier molecular flexibility index (Phi) is 9.06. The van der Waals surface area contributed by atoms with Crippen LogP contribution in [-0.4, -0.2) is 52.8 Å². The van der Waals surface area contributed by atoms with Gasteiger partial charge in [-0.2, -0.15) is 0 Å². The van der Waals surface area contributed by atoms with E-state index in [0.717, 1.165) is 31.3 Å². The van der Waals surface area contributed by atoms with Gasteiger partial charge in [-0.05, 0) is 35.1 Å². The van der Waals surface area contributed by atoms with Crippen molar-refractivity contribution in [1.82, 2.24) is 4.90 Å². The molecule has 1 amide bonds. The van der Waals surface area contributed by atoms with Crippen LogP contribution in [0.2, 0.25) is 0 Å². The number of methoxy groups -OCH3 is 1. The van der Waals surface area contributed by atoms with Crippen LogP contribution in [0.1, 0.15) is 43.7 Å². The molecule has 0 saturated heterocycles. The molecule has 1 aliphatic carbocycles. The second-order valence-electron chi connectivity index (χ2n) is 7.31. The van der Waals surface area contributed by atoms with E-state index in [1.54, 1.807) is 0 Å². The highest BCUT2D eigenvalue weighted by Gasteiger charge is 2.32. The third-order valence-electron chi connectivity index (χ3n) is 5.15. The van der Waals surface area contributed by atoms with Gasteiger partial charge in [0.2, 0.25) is 0 Å². The number of ether oxygens (including phenoxy) is 1. The standard InChI is InChI=1S/C13H10.C11H19NO6/c1-3-7-12-10(5-1)9-11-6-2-4-8-13(11)12;1-3-4-5-6-12(11(17)18-2)8(10(15)16)7-9(13)14/h1-8H,9H2;8H,3-7H2,1-2H3,(H,13,14)(H,15,16). The number of carboxylic acids is 2. The summed E-state index contributed by atoms with van der Waals surface area (Å²) in [6.07, 6.45) is 1.98. The van der Waals surface area contributed by atoms with Crippen LogP contribution in [-0.2, 0) is 20.7 Å². The Bertz CT molecular complexity index is 867. The second-order valence-corrected chi connectivity index (χ2v) is 7.31. The highest BCUT2D eigenvalue weighted by molar-refractivity contribution is 5.84. The molecule has 0 heterocycles. The zero-order valence-electron chi connectivity index (χ0n) is 17.9. The first kappa shape index (κ1) is 23.9. The third kappa shape index (κ3) is 6.57. The predicted molar refractivity (Wildman–Crippen MR) is 117 cm³/mol. The maximum atomic E-state index is 11.5. The first-order chi connectivity index (χ1) is 14.9. The minimum atomic E-state index is -1.40. The van der Waals surface area contributed by atoms with Crippen LogP contribution < -0.4 is 0 Å². The summed E-state index contributed by atoms with van der Waals surface area (Å²) in [5, 5.41) is 17.6. The van der Waals surface area contributed by atoms with Crippen molar-refractivity contribution < 1.29 is 29.3 Å². The van der Waals surface area contributed by atoms with Gasteiger partial charge in [0.05, 0.1) is 13.5 Å². The zero-order chi connectivity index (χ0) is 22.8. The van der Waals surface area contributed by atoms with Crippen LogP contribution in [0.5, 0.6) is 0 Å². The van der Waals surface area contributed by atoms with Crippen LogP contribution in [0.15, 0.2) is 48.5 Å². The maximum absolute atomic E-state index is 11.5. The summed E-state index contributed by atoms with van der Waals surface area (Å²) < 4.78 is 4.49. The molecule has 1 unspecified atom stereocenters. The number of benzene rings is 2. The van der Waals surface area contributed by atoms with Crippen molar-refractivity contribution in [2.75, 3.05) is 13.7 Å². The van der Waals surface area contributed by atoms with Crippen LogP contribution in [0.25, 0.3) is 11.1 Å². The molecule has 2 aromatic carbocycles. The van der Waals surface area contributed by atoms with E-state index in [2.05, 4.69) is 53.3 Å². The number of carbonyl (C=O) groups is 3. The van der Waals surface area contributed by atoms with Gasteiger partial charge in [0, 0.05) is 6.54 Å². The molecule has 0 aromatic heterocycles. The number of hydrogen-bond acceptors (Lipinski definition) is 4. The van der Waals surface area contributed by atoms with Crippen LogP contribution in [0, 0.1) is 0 Å². The van der Waals surface area contributed by atoms with Gasteiger partial charge in [-0.15, -0.1) is 0 Å². The van der Waals surface area contributed by atoms with Gasteiger partial charge in [-0.1, -0.05) is 68.3 Å². The molecule has 0 spiro atoms. The molecule has 2 aromatic rings. The Morgan fingerprint density at radius 1 is 0.968 bits per heavy atom. The average Bonchev–Trinajstić information content (AvgIpc) is 3.14. The minimum absolute atomic E-state index is 0.171. The van der Waals surface area contributed by atoms with E-state index in [4.69, 9.17) is 10.2 Å². The summed E-state index contributed by atoms with van der Waals surface area (Å²) in [4.78, 5) is 34.1. The normalized spacial score (nSPS) is 11.9. The molecule has 7 nitrogen and oxygen atoms in total. The van der Waals surface area contributed by atoms with Crippen LogP contribution in [0.3, 0.4) is 0 Å².